The van der Waals surface area contributed by atoms with Crippen molar-refractivity contribution in [2.24, 2.45) is 5.73 Å². The first kappa shape index (κ1) is 12.1. The number of rotatable bonds is 4. The predicted molar refractivity (Wildman–Crippen MR) is 52.3 cm³/mol. The maximum absolute atomic E-state index is 13.2. The summed E-state index contributed by atoms with van der Waals surface area (Å²) < 4.78 is 13.2. The van der Waals surface area contributed by atoms with E-state index in [4.69, 9.17) is 15.9 Å². The fourth-order valence-electron chi connectivity index (χ4n) is 1.24. The fourth-order valence-corrected chi connectivity index (χ4v) is 1.24. The molecule has 0 amide bonds. The molecule has 15 heavy (non-hydrogen) atoms. The van der Waals surface area contributed by atoms with E-state index < -0.39 is 24.6 Å². The average Bonchev–Trinajstić information content (AvgIpc) is 2.26. The minimum Gasteiger partial charge on any atom is -0.394 e. The molecule has 0 radical (unpaired) electrons. The van der Waals surface area contributed by atoms with Gasteiger partial charge in [0.2, 0.25) is 0 Å². The van der Waals surface area contributed by atoms with E-state index in [0.717, 1.165) is 6.07 Å². The molecule has 0 saturated heterocycles. The van der Waals surface area contributed by atoms with E-state index in [-0.39, 0.29) is 12.1 Å². The molecule has 1 aromatic carbocycles. The first-order chi connectivity index (χ1) is 7.10. The van der Waals surface area contributed by atoms with Crippen molar-refractivity contribution in [1.29, 1.82) is 0 Å². The second kappa shape index (κ2) is 5.18. The summed E-state index contributed by atoms with van der Waals surface area (Å²) in [6.07, 6.45) is -2.61. The van der Waals surface area contributed by atoms with Crippen molar-refractivity contribution < 1.29 is 19.7 Å². The lowest BCUT2D eigenvalue weighted by Gasteiger charge is -2.16. The van der Waals surface area contributed by atoms with Gasteiger partial charge >= 0.3 is 0 Å². The third-order valence-electron chi connectivity index (χ3n) is 2.19. The number of hydrogen-bond acceptors (Lipinski definition) is 4. The molecule has 1 aromatic rings. The van der Waals surface area contributed by atoms with Crippen molar-refractivity contribution in [2.75, 3.05) is 6.61 Å². The van der Waals surface area contributed by atoms with Gasteiger partial charge in [-0.3, -0.25) is 0 Å². The van der Waals surface area contributed by atoms with Gasteiger partial charge in [0.1, 0.15) is 18.0 Å². The Morgan fingerprint density at radius 3 is 2.47 bits per heavy atom. The van der Waals surface area contributed by atoms with Crippen LogP contribution >= 0.6 is 0 Å². The molecule has 0 aliphatic heterocycles. The van der Waals surface area contributed by atoms with E-state index in [9.17, 15) is 9.50 Å². The number of halogens is 1. The quantitative estimate of drug-likeness (QED) is 0.554. The Bertz CT molecular complexity index is 332. The molecule has 4 nitrogen and oxygen atoms in total. The third-order valence-corrected chi connectivity index (χ3v) is 2.19. The van der Waals surface area contributed by atoms with E-state index in [2.05, 4.69) is 0 Å². The molecule has 0 spiro atoms. The molecule has 0 saturated carbocycles. The Balaban J connectivity index is 2.92. The highest BCUT2D eigenvalue weighted by Crippen LogP contribution is 2.19. The van der Waals surface area contributed by atoms with Gasteiger partial charge in [-0.1, -0.05) is 12.1 Å². The highest BCUT2D eigenvalue weighted by Gasteiger charge is 2.18. The lowest BCUT2D eigenvalue weighted by atomic mass is 10.0. The first-order valence-electron chi connectivity index (χ1n) is 4.55. The van der Waals surface area contributed by atoms with Crippen molar-refractivity contribution in [3.8, 4) is 0 Å². The number of nitrogens with two attached hydrogens (primary N) is 1. The Morgan fingerprint density at radius 2 is 2.00 bits per heavy atom. The normalized spacial score (nSPS) is 15.0. The lowest BCUT2D eigenvalue weighted by Crippen LogP contribution is -2.22. The van der Waals surface area contributed by atoms with Gasteiger partial charge < -0.3 is 21.1 Å². The summed E-state index contributed by atoms with van der Waals surface area (Å²) in [6, 6.07) is 4.01. The predicted octanol–water partition coefficient (Wildman–Crippen LogP) is -0.329. The van der Waals surface area contributed by atoms with Crippen molar-refractivity contribution in [3.05, 3.63) is 35.1 Å². The first-order valence-corrected chi connectivity index (χ1v) is 4.55. The zero-order valence-corrected chi connectivity index (χ0v) is 8.10. The van der Waals surface area contributed by atoms with Gasteiger partial charge in [-0.2, -0.15) is 0 Å². The number of aliphatic hydroxyl groups is 3. The van der Waals surface area contributed by atoms with Crippen molar-refractivity contribution in [2.45, 2.75) is 18.8 Å². The molecule has 0 aromatic heterocycles. The summed E-state index contributed by atoms with van der Waals surface area (Å²) >= 11 is 0. The van der Waals surface area contributed by atoms with E-state index in [1.54, 1.807) is 0 Å². The molecule has 0 aliphatic rings. The Morgan fingerprint density at radius 1 is 1.33 bits per heavy atom. The maximum Gasteiger partial charge on any atom is 0.128 e. The SMILES string of the molecule is NCc1ccc(C(O)C(O)CO)cc1F. The number of benzene rings is 1. The molecule has 0 heterocycles. The third kappa shape index (κ3) is 2.73. The van der Waals surface area contributed by atoms with Crippen LogP contribution in [0.15, 0.2) is 18.2 Å². The van der Waals surface area contributed by atoms with Crippen molar-refractivity contribution in [3.63, 3.8) is 0 Å². The molecule has 0 fully saturated rings. The topological polar surface area (TPSA) is 86.7 Å². The number of hydrogen-bond donors (Lipinski definition) is 4. The Hall–Kier alpha value is -1.01. The molecule has 0 bridgehead atoms. The standard InChI is InChI=1S/C10H14FNO3/c11-8-3-6(1-2-7(8)4-12)10(15)9(14)5-13/h1-3,9-10,13-15H,4-5,12H2. The Labute approximate surface area is 86.8 Å². The van der Waals surface area contributed by atoms with Gasteiger partial charge in [-0.25, -0.2) is 4.39 Å². The second-order valence-corrected chi connectivity index (χ2v) is 3.25. The van der Waals surface area contributed by atoms with Gasteiger partial charge in [-0.15, -0.1) is 0 Å². The minimum absolute atomic E-state index is 0.0742. The van der Waals surface area contributed by atoms with Crippen LogP contribution in [0.4, 0.5) is 4.39 Å². The van der Waals surface area contributed by atoms with Crippen LogP contribution in [0, 0.1) is 5.82 Å². The van der Waals surface area contributed by atoms with Crippen LogP contribution in [-0.4, -0.2) is 28.0 Å². The largest absolute Gasteiger partial charge is 0.394 e. The number of aliphatic hydroxyl groups excluding tert-OH is 3. The Kier molecular flexibility index (Phi) is 4.16. The van der Waals surface area contributed by atoms with Crippen LogP contribution in [0.25, 0.3) is 0 Å². The molecule has 0 aliphatic carbocycles. The maximum atomic E-state index is 13.2. The molecule has 5 heteroatoms. The molecule has 84 valence electrons. The van der Waals surface area contributed by atoms with Crippen LogP contribution < -0.4 is 5.73 Å². The second-order valence-electron chi connectivity index (χ2n) is 3.25. The van der Waals surface area contributed by atoms with E-state index >= 15 is 0 Å². The summed E-state index contributed by atoms with van der Waals surface area (Å²) in [5.41, 5.74) is 5.82. The molecule has 2 atom stereocenters. The monoisotopic (exact) mass is 215 g/mol. The van der Waals surface area contributed by atoms with Gasteiger partial charge in [0, 0.05) is 12.1 Å². The van der Waals surface area contributed by atoms with Crippen LogP contribution in [-0.2, 0) is 6.54 Å². The zero-order valence-electron chi connectivity index (χ0n) is 8.10. The molecule has 1 rings (SSSR count). The summed E-state index contributed by atoms with van der Waals surface area (Å²) in [5, 5.41) is 27.2. The van der Waals surface area contributed by atoms with Gasteiger partial charge in [0.05, 0.1) is 6.61 Å². The van der Waals surface area contributed by atoms with E-state index in [1.165, 1.54) is 12.1 Å². The summed E-state index contributed by atoms with van der Waals surface area (Å²) in [6.45, 7) is -0.508. The average molecular weight is 215 g/mol. The van der Waals surface area contributed by atoms with Crippen molar-refractivity contribution in [1.82, 2.24) is 0 Å². The van der Waals surface area contributed by atoms with Crippen LogP contribution in [0.3, 0.4) is 0 Å². The molecule has 5 N–H and O–H groups in total. The summed E-state index contributed by atoms with van der Waals surface area (Å²) in [4.78, 5) is 0. The van der Waals surface area contributed by atoms with Gasteiger partial charge in [0.25, 0.3) is 0 Å². The van der Waals surface area contributed by atoms with E-state index in [1.807, 2.05) is 0 Å². The van der Waals surface area contributed by atoms with Gasteiger partial charge in [0.15, 0.2) is 0 Å². The molecular formula is C10H14FNO3. The lowest BCUT2D eigenvalue weighted by molar-refractivity contribution is -0.0153. The van der Waals surface area contributed by atoms with Crippen LogP contribution in [0.5, 0.6) is 0 Å². The fraction of sp³-hybridized carbons (Fsp3) is 0.400. The van der Waals surface area contributed by atoms with Crippen molar-refractivity contribution >= 4 is 0 Å². The highest BCUT2D eigenvalue weighted by molar-refractivity contribution is 5.26. The zero-order chi connectivity index (χ0) is 11.4. The van der Waals surface area contributed by atoms with Crippen LogP contribution in [0.1, 0.15) is 17.2 Å². The minimum atomic E-state index is -1.31. The smallest absolute Gasteiger partial charge is 0.128 e. The van der Waals surface area contributed by atoms with E-state index in [0.29, 0.717) is 5.56 Å². The summed E-state index contributed by atoms with van der Waals surface area (Å²) in [5.74, 6) is -0.529. The van der Waals surface area contributed by atoms with Gasteiger partial charge in [-0.05, 0) is 11.6 Å². The highest BCUT2D eigenvalue weighted by atomic mass is 19.1. The summed E-state index contributed by atoms with van der Waals surface area (Å²) in [7, 11) is 0. The molecule has 2 unspecified atom stereocenters. The van der Waals surface area contributed by atoms with Crippen LogP contribution in [0.2, 0.25) is 0 Å². The molecular weight excluding hydrogens is 201 g/mol.